The Balaban J connectivity index is 2.05. The Kier molecular flexibility index (Phi) is 3.31. The minimum Gasteiger partial charge on any atom is -0.481 e. The molecule has 4 heteroatoms. The summed E-state index contributed by atoms with van der Waals surface area (Å²) in [4.78, 5) is 8.42. The monoisotopic (exact) mass is 266 g/mol. The van der Waals surface area contributed by atoms with Crippen LogP contribution < -0.4 is 4.74 Å². The quantitative estimate of drug-likeness (QED) is 0.792. The minimum atomic E-state index is -0.735. The molecule has 4 nitrogen and oxygen atoms in total. The first-order chi connectivity index (χ1) is 9.79. The molecule has 1 atom stereocenters. The van der Waals surface area contributed by atoms with Crippen molar-refractivity contribution in [2.45, 2.75) is 6.10 Å². The van der Waals surface area contributed by atoms with E-state index in [1.165, 1.54) is 0 Å². The molecule has 20 heavy (non-hydrogen) atoms. The van der Waals surface area contributed by atoms with Crippen LogP contribution in [-0.2, 0) is 0 Å². The van der Waals surface area contributed by atoms with Crippen LogP contribution in [0.15, 0.2) is 54.9 Å². The first kappa shape index (κ1) is 12.6. The summed E-state index contributed by atoms with van der Waals surface area (Å²) in [6.07, 6.45) is 2.63. The number of rotatable bonds is 3. The van der Waals surface area contributed by atoms with E-state index in [0.717, 1.165) is 22.0 Å². The lowest BCUT2D eigenvalue weighted by Crippen LogP contribution is -2.02. The molecule has 0 aliphatic carbocycles. The van der Waals surface area contributed by atoms with Gasteiger partial charge in [-0.2, -0.15) is 0 Å². The van der Waals surface area contributed by atoms with Crippen molar-refractivity contribution in [3.8, 4) is 5.88 Å². The molecular formula is C16H14N2O2. The normalized spacial score (nSPS) is 12.3. The molecule has 0 aliphatic rings. The van der Waals surface area contributed by atoms with E-state index in [0.29, 0.717) is 5.88 Å². The highest BCUT2D eigenvalue weighted by molar-refractivity contribution is 5.82. The molecule has 0 saturated carbocycles. The van der Waals surface area contributed by atoms with Gasteiger partial charge < -0.3 is 9.84 Å². The largest absolute Gasteiger partial charge is 0.481 e. The predicted octanol–water partition coefficient (Wildman–Crippen LogP) is 2.72. The molecule has 0 radical (unpaired) electrons. The third-order valence-electron chi connectivity index (χ3n) is 3.26. The highest BCUT2D eigenvalue weighted by Gasteiger charge is 2.14. The summed E-state index contributed by atoms with van der Waals surface area (Å²) in [7, 11) is 1.56. The zero-order valence-electron chi connectivity index (χ0n) is 11.0. The summed E-state index contributed by atoms with van der Waals surface area (Å²) in [6, 6.07) is 13.1. The SMILES string of the molecule is COc1ccc(C(O)c2cccc3ncccc23)cn1. The summed E-state index contributed by atoms with van der Waals surface area (Å²) >= 11 is 0. The van der Waals surface area contributed by atoms with Crippen molar-refractivity contribution < 1.29 is 9.84 Å². The number of aliphatic hydroxyl groups is 1. The van der Waals surface area contributed by atoms with Gasteiger partial charge in [0.15, 0.2) is 0 Å². The van der Waals surface area contributed by atoms with Crippen LogP contribution in [0.2, 0.25) is 0 Å². The molecule has 0 spiro atoms. The Morgan fingerprint density at radius 2 is 1.95 bits per heavy atom. The number of ether oxygens (including phenoxy) is 1. The number of fused-ring (bicyclic) bond motifs is 1. The third-order valence-corrected chi connectivity index (χ3v) is 3.26. The van der Waals surface area contributed by atoms with Gasteiger partial charge in [0.25, 0.3) is 0 Å². The number of aliphatic hydroxyl groups excluding tert-OH is 1. The molecular weight excluding hydrogens is 252 g/mol. The first-order valence-corrected chi connectivity index (χ1v) is 6.31. The van der Waals surface area contributed by atoms with Crippen molar-refractivity contribution in [3.05, 3.63) is 66.0 Å². The van der Waals surface area contributed by atoms with Gasteiger partial charge >= 0.3 is 0 Å². The first-order valence-electron chi connectivity index (χ1n) is 6.31. The Morgan fingerprint density at radius 1 is 1.05 bits per heavy atom. The van der Waals surface area contributed by atoms with E-state index in [1.54, 1.807) is 25.6 Å². The van der Waals surface area contributed by atoms with Crippen LogP contribution in [0, 0.1) is 0 Å². The van der Waals surface area contributed by atoms with Crippen LogP contribution in [0.4, 0.5) is 0 Å². The third kappa shape index (κ3) is 2.21. The fourth-order valence-electron chi connectivity index (χ4n) is 2.22. The Bertz CT molecular complexity index is 721. The Labute approximate surface area is 116 Å². The van der Waals surface area contributed by atoms with Crippen molar-refractivity contribution in [2.75, 3.05) is 7.11 Å². The molecule has 1 aromatic carbocycles. The van der Waals surface area contributed by atoms with E-state index in [-0.39, 0.29) is 0 Å². The zero-order valence-corrected chi connectivity index (χ0v) is 11.0. The topological polar surface area (TPSA) is 55.2 Å². The van der Waals surface area contributed by atoms with Crippen molar-refractivity contribution in [2.24, 2.45) is 0 Å². The smallest absolute Gasteiger partial charge is 0.212 e. The standard InChI is InChI=1S/C16H14N2O2/c1-20-15-8-7-11(10-18-15)16(19)13-4-2-6-14-12(13)5-3-9-17-14/h2-10,16,19H,1H3. The molecule has 1 unspecified atom stereocenters. The van der Waals surface area contributed by atoms with Gasteiger partial charge in [-0.05, 0) is 23.8 Å². The molecule has 3 aromatic rings. The molecule has 0 saturated heterocycles. The summed E-state index contributed by atoms with van der Waals surface area (Å²) < 4.78 is 5.02. The van der Waals surface area contributed by atoms with Crippen LogP contribution in [0.3, 0.4) is 0 Å². The van der Waals surface area contributed by atoms with E-state index >= 15 is 0 Å². The Hall–Kier alpha value is -2.46. The predicted molar refractivity (Wildman–Crippen MR) is 76.6 cm³/mol. The summed E-state index contributed by atoms with van der Waals surface area (Å²) in [5, 5.41) is 11.5. The molecule has 100 valence electrons. The maximum absolute atomic E-state index is 10.5. The average Bonchev–Trinajstić information content (AvgIpc) is 2.54. The highest BCUT2D eigenvalue weighted by Crippen LogP contribution is 2.28. The van der Waals surface area contributed by atoms with Gasteiger partial charge in [-0.3, -0.25) is 4.98 Å². The minimum absolute atomic E-state index is 0.528. The molecule has 3 rings (SSSR count). The van der Waals surface area contributed by atoms with Crippen LogP contribution in [0.1, 0.15) is 17.2 Å². The lowest BCUT2D eigenvalue weighted by atomic mass is 9.99. The van der Waals surface area contributed by atoms with Gasteiger partial charge in [0.05, 0.1) is 12.6 Å². The van der Waals surface area contributed by atoms with E-state index < -0.39 is 6.10 Å². The number of benzene rings is 1. The van der Waals surface area contributed by atoms with Crippen molar-refractivity contribution >= 4 is 10.9 Å². The lowest BCUT2D eigenvalue weighted by molar-refractivity contribution is 0.221. The molecule has 2 heterocycles. The fraction of sp³-hybridized carbons (Fsp3) is 0.125. The van der Waals surface area contributed by atoms with Crippen LogP contribution in [-0.4, -0.2) is 22.2 Å². The van der Waals surface area contributed by atoms with Crippen molar-refractivity contribution in [1.29, 1.82) is 0 Å². The van der Waals surface area contributed by atoms with Crippen molar-refractivity contribution in [3.63, 3.8) is 0 Å². The molecule has 0 fully saturated rings. The van der Waals surface area contributed by atoms with E-state index in [1.807, 2.05) is 36.4 Å². The average molecular weight is 266 g/mol. The second-order valence-corrected chi connectivity index (χ2v) is 4.45. The maximum Gasteiger partial charge on any atom is 0.212 e. The maximum atomic E-state index is 10.5. The zero-order chi connectivity index (χ0) is 13.9. The molecule has 0 bridgehead atoms. The molecule has 1 N–H and O–H groups in total. The Morgan fingerprint density at radius 3 is 2.70 bits per heavy atom. The van der Waals surface area contributed by atoms with E-state index in [9.17, 15) is 5.11 Å². The van der Waals surface area contributed by atoms with Gasteiger partial charge in [-0.25, -0.2) is 4.98 Å². The number of hydrogen-bond donors (Lipinski definition) is 1. The van der Waals surface area contributed by atoms with Crippen LogP contribution in [0.25, 0.3) is 10.9 Å². The second-order valence-electron chi connectivity index (χ2n) is 4.45. The lowest BCUT2D eigenvalue weighted by Gasteiger charge is -2.13. The number of methoxy groups -OCH3 is 1. The number of hydrogen-bond acceptors (Lipinski definition) is 4. The highest BCUT2D eigenvalue weighted by atomic mass is 16.5. The van der Waals surface area contributed by atoms with Crippen LogP contribution >= 0.6 is 0 Å². The van der Waals surface area contributed by atoms with Gasteiger partial charge in [-0.15, -0.1) is 0 Å². The fourth-order valence-corrected chi connectivity index (χ4v) is 2.22. The summed E-state index contributed by atoms with van der Waals surface area (Å²) in [6.45, 7) is 0. The van der Waals surface area contributed by atoms with Gasteiger partial charge in [0, 0.05) is 29.4 Å². The second kappa shape index (κ2) is 5.27. The number of nitrogens with zero attached hydrogens (tertiary/aromatic N) is 2. The summed E-state index contributed by atoms with van der Waals surface area (Å²) in [5.41, 5.74) is 2.41. The molecule has 0 aliphatic heterocycles. The van der Waals surface area contributed by atoms with Gasteiger partial charge in [0.1, 0.15) is 6.10 Å². The summed E-state index contributed by atoms with van der Waals surface area (Å²) in [5.74, 6) is 0.528. The van der Waals surface area contributed by atoms with Crippen LogP contribution in [0.5, 0.6) is 5.88 Å². The molecule has 0 amide bonds. The van der Waals surface area contributed by atoms with E-state index in [2.05, 4.69) is 9.97 Å². The molecule has 2 aromatic heterocycles. The van der Waals surface area contributed by atoms with Gasteiger partial charge in [0.2, 0.25) is 5.88 Å². The van der Waals surface area contributed by atoms with Gasteiger partial charge in [-0.1, -0.05) is 18.2 Å². The van der Waals surface area contributed by atoms with Crippen molar-refractivity contribution in [1.82, 2.24) is 9.97 Å². The number of aromatic nitrogens is 2. The van der Waals surface area contributed by atoms with E-state index in [4.69, 9.17) is 4.74 Å². The number of pyridine rings is 2.